The third-order valence-electron chi connectivity index (χ3n) is 5.79. The van der Waals surface area contributed by atoms with Crippen molar-refractivity contribution in [1.29, 1.82) is 0 Å². The van der Waals surface area contributed by atoms with Gasteiger partial charge in [0.2, 0.25) is 5.91 Å². The number of carbonyl (C=O) groups excluding carboxylic acids is 1. The monoisotopic (exact) mass is 450 g/mol. The van der Waals surface area contributed by atoms with Crippen molar-refractivity contribution >= 4 is 44.9 Å². The number of nitrogens with one attached hydrogen (secondary N) is 1. The second-order valence-corrected chi connectivity index (χ2v) is 9.11. The van der Waals surface area contributed by atoms with Crippen molar-refractivity contribution < 1.29 is 18.7 Å². The number of methoxy groups -OCH3 is 1. The number of carbonyl (C=O) groups is 1. The van der Waals surface area contributed by atoms with E-state index in [0.29, 0.717) is 11.4 Å². The normalized spacial score (nSPS) is 16.2. The molecule has 1 saturated heterocycles. The summed E-state index contributed by atoms with van der Waals surface area (Å²) >= 11 is 1.70. The van der Waals surface area contributed by atoms with Gasteiger partial charge in [0.15, 0.2) is 0 Å². The van der Waals surface area contributed by atoms with Gasteiger partial charge in [0.1, 0.15) is 16.9 Å². The predicted molar refractivity (Wildman–Crippen MR) is 127 cm³/mol. The van der Waals surface area contributed by atoms with Gasteiger partial charge in [-0.05, 0) is 36.4 Å². The molecule has 1 aliphatic rings. The minimum atomic E-state index is -0.0895. The Hall–Kier alpha value is -2.87. The number of furan rings is 1. The number of rotatable bonds is 8. The molecular weight excluding hydrogens is 424 g/mol. The molecule has 4 aromatic rings. The lowest BCUT2D eigenvalue weighted by molar-refractivity contribution is -0.117. The summed E-state index contributed by atoms with van der Waals surface area (Å²) < 4.78 is 17.4. The van der Waals surface area contributed by atoms with E-state index in [2.05, 4.69) is 21.7 Å². The quantitative estimate of drug-likeness (QED) is 0.396. The van der Waals surface area contributed by atoms with Gasteiger partial charge >= 0.3 is 0 Å². The van der Waals surface area contributed by atoms with Gasteiger partial charge in [0, 0.05) is 41.4 Å². The smallest absolute Gasteiger partial charge is 0.238 e. The number of nitrogens with zero attached hydrogens (tertiary/aromatic N) is 1. The maximum absolute atomic E-state index is 13.0. The summed E-state index contributed by atoms with van der Waals surface area (Å²) in [7, 11) is 1.61. The zero-order valence-electron chi connectivity index (χ0n) is 18.0. The highest BCUT2D eigenvalue weighted by molar-refractivity contribution is 7.09. The molecule has 0 spiro atoms. The van der Waals surface area contributed by atoms with Crippen molar-refractivity contribution in [2.75, 3.05) is 32.1 Å². The first-order valence-corrected chi connectivity index (χ1v) is 11.7. The van der Waals surface area contributed by atoms with Crippen LogP contribution in [0.5, 0.6) is 5.75 Å². The minimum Gasteiger partial charge on any atom is -0.495 e. The lowest BCUT2D eigenvalue weighted by Gasteiger charge is -2.24. The van der Waals surface area contributed by atoms with Crippen LogP contribution in [-0.4, -0.2) is 43.7 Å². The SMILES string of the molecule is COc1cc2c(cc1NC(=O)CN(Cc1cccs1)C[C@H]1CCCO1)oc1ccccc12. The van der Waals surface area contributed by atoms with E-state index in [1.54, 1.807) is 18.4 Å². The maximum atomic E-state index is 13.0. The van der Waals surface area contributed by atoms with Crippen molar-refractivity contribution in [2.24, 2.45) is 0 Å². The Morgan fingerprint density at radius 3 is 2.88 bits per heavy atom. The Kier molecular flexibility index (Phi) is 6.12. The Labute approximate surface area is 190 Å². The fraction of sp³-hybridized carbons (Fsp3) is 0.320. The molecule has 0 radical (unpaired) electrons. The molecule has 0 bridgehead atoms. The van der Waals surface area contributed by atoms with Crippen LogP contribution in [0.15, 0.2) is 58.3 Å². The van der Waals surface area contributed by atoms with Crippen molar-refractivity contribution in [1.82, 2.24) is 4.90 Å². The van der Waals surface area contributed by atoms with Crippen molar-refractivity contribution in [3.63, 3.8) is 0 Å². The molecule has 0 unspecified atom stereocenters. The highest BCUT2D eigenvalue weighted by Crippen LogP contribution is 2.36. The van der Waals surface area contributed by atoms with Crippen molar-refractivity contribution in [2.45, 2.75) is 25.5 Å². The Bertz CT molecular complexity index is 1210. The fourth-order valence-corrected chi connectivity index (χ4v) is 5.04. The van der Waals surface area contributed by atoms with Gasteiger partial charge in [-0.25, -0.2) is 0 Å². The first-order valence-electron chi connectivity index (χ1n) is 10.8. The first-order chi connectivity index (χ1) is 15.7. The molecule has 6 nitrogen and oxygen atoms in total. The molecule has 7 heteroatoms. The van der Waals surface area contributed by atoms with Crippen LogP contribution in [0, 0.1) is 0 Å². The number of ether oxygens (including phenoxy) is 2. The molecule has 1 aliphatic heterocycles. The number of thiophene rings is 1. The molecule has 1 fully saturated rings. The predicted octanol–water partition coefficient (Wildman–Crippen LogP) is 5.28. The van der Waals surface area contributed by atoms with E-state index in [0.717, 1.165) is 54.5 Å². The summed E-state index contributed by atoms with van der Waals surface area (Å²) in [5, 5.41) is 7.08. The fourth-order valence-electron chi connectivity index (χ4n) is 4.30. The van der Waals surface area contributed by atoms with E-state index < -0.39 is 0 Å². The van der Waals surface area contributed by atoms with E-state index in [1.165, 1.54) is 4.88 Å². The molecule has 2 aromatic heterocycles. The lowest BCUT2D eigenvalue weighted by Crippen LogP contribution is -2.37. The second kappa shape index (κ2) is 9.32. The zero-order chi connectivity index (χ0) is 21.9. The molecule has 2 aromatic carbocycles. The van der Waals surface area contributed by atoms with Gasteiger partial charge in [0.25, 0.3) is 0 Å². The highest BCUT2D eigenvalue weighted by atomic mass is 32.1. The number of fused-ring (bicyclic) bond motifs is 3. The van der Waals surface area contributed by atoms with Crippen molar-refractivity contribution in [3.8, 4) is 5.75 Å². The third kappa shape index (κ3) is 4.50. The molecule has 0 aliphatic carbocycles. The largest absolute Gasteiger partial charge is 0.495 e. The van der Waals surface area contributed by atoms with Gasteiger partial charge in [0.05, 0.1) is 25.4 Å². The molecule has 166 valence electrons. The van der Waals surface area contributed by atoms with Gasteiger partial charge in [-0.15, -0.1) is 11.3 Å². The third-order valence-corrected chi connectivity index (χ3v) is 6.65. The summed E-state index contributed by atoms with van der Waals surface area (Å²) in [6.07, 6.45) is 2.31. The van der Waals surface area contributed by atoms with E-state index in [-0.39, 0.29) is 18.6 Å². The van der Waals surface area contributed by atoms with Gasteiger partial charge in [-0.3, -0.25) is 9.69 Å². The Morgan fingerprint density at radius 1 is 1.19 bits per heavy atom. The number of anilines is 1. The van der Waals surface area contributed by atoms with Crippen LogP contribution in [0.4, 0.5) is 5.69 Å². The Balaban J connectivity index is 1.35. The summed E-state index contributed by atoms with van der Waals surface area (Å²) in [6.45, 7) is 2.55. The number of para-hydroxylation sites is 1. The summed E-state index contributed by atoms with van der Waals surface area (Å²) in [4.78, 5) is 16.4. The molecule has 32 heavy (non-hydrogen) atoms. The molecule has 3 heterocycles. The van der Waals surface area contributed by atoms with Crippen LogP contribution in [0.2, 0.25) is 0 Å². The minimum absolute atomic E-state index is 0.0895. The van der Waals surface area contributed by atoms with E-state index in [1.807, 2.05) is 42.5 Å². The van der Waals surface area contributed by atoms with Crippen molar-refractivity contribution in [3.05, 3.63) is 58.8 Å². The van der Waals surface area contributed by atoms with Gasteiger partial charge in [-0.1, -0.05) is 24.3 Å². The molecule has 1 amide bonds. The molecule has 1 N–H and O–H groups in total. The number of hydrogen-bond acceptors (Lipinski definition) is 6. The van der Waals surface area contributed by atoms with Crippen LogP contribution in [0.3, 0.4) is 0 Å². The summed E-state index contributed by atoms with van der Waals surface area (Å²) in [5.41, 5.74) is 2.14. The average Bonchev–Trinajstić information content (AvgIpc) is 3.54. The van der Waals surface area contributed by atoms with Gasteiger partial charge in [-0.2, -0.15) is 0 Å². The highest BCUT2D eigenvalue weighted by Gasteiger charge is 2.22. The lowest BCUT2D eigenvalue weighted by atomic mass is 10.1. The van der Waals surface area contributed by atoms with Crippen LogP contribution < -0.4 is 10.1 Å². The van der Waals surface area contributed by atoms with Crippen LogP contribution in [-0.2, 0) is 16.1 Å². The maximum Gasteiger partial charge on any atom is 0.238 e. The number of hydrogen-bond donors (Lipinski definition) is 1. The molecular formula is C25H26N2O4S. The average molecular weight is 451 g/mol. The Morgan fingerprint density at radius 2 is 2.09 bits per heavy atom. The van der Waals surface area contributed by atoms with Gasteiger partial charge < -0.3 is 19.2 Å². The standard InChI is InChI=1S/C25H26N2O4S/c1-29-24-12-20-19-8-2-3-9-22(19)31-23(20)13-21(24)26-25(28)16-27(14-17-6-4-10-30-17)15-18-7-5-11-32-18/h2-3,5,7-9,11-13,17H,4,6,10,14-16H2,1H3,(H,26,28)/t17-/m1/s1. The van der Waals surface area contributed by atoms with E-state index in [9.17, 15) is 4.79 Å². The van der Waals surface area contributed by atoms with Crippen LogP contribution in [0.25, 0.3) is 21.9 Å². The molecule has 0 saturated carbocycles. The zero-order valence-corrected chi connectivity index (χ0v) is 18.8. The van der Waals surface area contributed by atoms with E-state index >= 15 is 0 Å². The summed E-state index contributed by atoms with van der Waals surface area (Å²) in [6, 6.07) is 15.8. The van der Waals surface area contributed by atoms with Crippen LogP contribution in [0.1, 0.15) is 17.7 Å². The van der Waals surface area contributed by atoms with E-state index in [4.69, 9.17) is 13.9 Å². The first kappa shape index (κ1) is 21.0. The van der Waals surface area contributed by atoms with Crippen LogP contribution >= 0.6 is 11.3 Å². The molecule has 1 atom stereocenters. The number of benzene rings is 2. The molecule has 5 rings (SSSR count). The topological polar surface area (TPSA) is 63.9 Å². The number of amides is 1. The summed E-state index contributed by atoms with van der Waals surface area (Å²) in [5.74, 6) is 0.523. The second-order valence-electron chi connectivity index (χ2n) is 8.08.